The van der Waals surface area contributed by atoms with Gasteiger partial charge in [-0.25, -0.2) is 3.11 Å². The Labute approximate surface area is 69.7 Å². The van der Waals surface area contributed by atoms with Crippen LogP contribution in [0.3, 0.4) is 0 Å². The fraction of sp³-hybridized carbons (Fsp3) is 1.00. The van der Waals surface area contributed by atoms with E-state index < -0.39 is 0 Å². The highest BCUT2D eigenvalue weighted by Crippen LogP contribution is 2.19. The van der Waals surface area contributed by atoms with E-state index in [9.17, 15) is 0 Å². The second-order valence-electron chi connectivity index (χ2n) is 2.65. The van der Waals surface area contributed by atoms with Gasteiger partial charge >= 0.3 is 0 Å². The predicted octanol–water partition coefficient (Wildman–Crippen LogP) is 1.18. The Kier molecular flexibility index (Phi) is 2.73. The van der Waals surface area contributed by atoms with Crippen LogP contribution >= 0.6 is 22.9 Å². The minimum Gasteiger partial charge on any atom is -0.393 e. The highest BCUT2D eigenvalue weighted by atomic mass is 127. The lowest BCUT2D eigenvalue weighted by Crippen LogP contribution is -2.35. The molecule has 0 saturated carbocycles. The molecule has 3 heteroatoms. The lowest BCUT2D eigenvalue weighted by molar-refractivity contribution is 0.0972. The molecule has 1 heterocycles. The fourth-order valence-corrected chi connectivity index (χ4v) is 1.62. The molecule has 1 aliphatic heterocycles. The van der Waals surface area contributed by atoms with Crippen molar-refractivity contribution in [2.75, 3.05) is 6.54 Å². The molecule has 0 spiro atoms. The van der Waals surface area contributed by atoms with Crippen LogP contribution in [0.25, 0.3) is 0 Å². The van der Waals surface area contributed by atoms with E-state index in [-0.39, 0.29) is 6.10 Å². The maximum atomic E-state index is 9.17. The zero-order valence-corrected chi connectivity index (χ0v) is 7.71. The number of hydrogen-bond acceptors (Lipinski definition) is 2. The van der Waals surface area contributed by atoms with Gasteiger partial charge in [0.15, 0.2) is 0 Å². The van der Waals surface area contributed by atoms with E-state index >= 15 is 0 Å². The topological polar surface area (TPSA) is 23.5 Å². The molecule has 1 N–H and O–H groups in total. The van der Waals surface area contributed by atoms with Gasteiger partial charge in [-0.05, 0) is 19.8 Å². The Hall–Kier alpha value is 0.650. The van der Waals surface area contributed by atoms with Gasteiger partial charge in [0.05, 0.1) is 6.10 Å². The molecule has 1 aliphatic rings. The summed E-state index contributed by atoms with van der Waals surface area (Å²) in [6.07, 6.45) is 1.82. The van der Waals surface area contributed by atoms with Crippen molar-refractivity contribution in [3.8, 4) is 0 Å². The number of aliphatic hydroxyl groups excluding tert-OH is 1. The second-order valence-corrected chi connectivity index (χ2v) is 3.89. The maximum Gasteiger partial charge on any atom is 0.0567 e. The van der Waals surface area contributed by atoms with Crippen LogP contribution in [0.4, 0.5) is 0 Å². The van der Waals surface area contributed by atoms with Gasteiger partial charge in [0.1, 0.15) is 0 Å². The first kappa shape index (κ1) is 7.75. The third kappa shape index (κ3) is 2.05. The smallest absolute Gasteiger partial charge is 0.0567 e. The largest absolute Gasteiger partial charge is 0.393 e. The van der Waals surface area contributed by atoms with E-state index in [0.717, 1.165) is 19.4 Å². The van der Waals surface area contributed by atoms with E-state index in [1.165, 1.54) is 0 Å². The third-order valence-corrected chi connectivity index (χ3v) is 3.20. The number of nitrogens with zero attached hydrogens (tertiary/aromatic N) is 1. The SMILES string of the molecule is C[C@@H]1C[C@@H](O)CCN1I. The molecule has 1 rings (SSSR count). The number of piperidine rings is 1. The van der Waals surface area contributed by atoms with E-state index in [4.69, 9.17) is 5.11 Å². The second kappa shape index (κ2) is 3.16. The first-order valence-electron chi connectivity index (χ1n) is 3.30. The summed E-state index contributed by atoms with van der Waals surface area (Å²) in [6.45, 7) is 3.18. The first-order chi connectivity index (χ1) is 4.20. The van der Waals surface area contributed by atoms with Crippen molar-refractivity contribution in [1.82, 2.24) is 3.11 Å². The summed E-state index contributed by atoms with van der Waals surface area (Å²) in [7, 11) is 0. The van der Waals surface area contributed by atoms with Crippen LogP contribution < -0.4 is 0 Å². The van der Waals surface area contributed by atoms with Crippen molar-refractivity contribution >= 4 is 22.9 Å². The highest BCUT2D eigenvalue weighted by molar-refractivity contribution is 14.1. The zero-order chi connectivity index (χ0) is 6.85. The molecule has 2 nitrogen and oxygen atoms in total. The van der Waals surface area contributed by atoms with Gasteiger partial charge in [0.25, 0.3) is 0 Å². The van der Waals surface area contributed by atoms with Crippen LogP contribution in [0, 0.1) is 0 Å². The summed E-state index contributed by atoms with van der Waals surface area (Å²) in [5, 5.41) is 9.17. The molecular formula is C6H12INO. The lowest BCUT2D eigenvalue weighted by atomic mass is 10.0. The van der Waals surface area contributed by atoms with Crippen molar-refractivity contribution in [1.29, 1.82) is 0 Å². The van der Waals surface area contributed by atoms with Gasteiger partial charge in [0, 0.05) is 35.5 Å². The summed E-state index contributed by atoms with van der Waals surface area (Å²) >= 11 is 2.31. The Morgan fingerprint density at radius 3 is 2.78 bits per heavy atom. The average molecular weight is 241 g/mol. The van der Waals surface area contributed by atoms with Crippen LogP contribution in [-0.2, 0) is 0 Å². The average Bonchev–Trinajstić information content (AvgIpc) is 1.80. The van der Waals surface area contributed by atoms with Crippen molar-refractivity contribution in [2.45, 2.75) is 31.9 Å². The van der Waals surface area contributed by atoms with E-state index in [0.29, 0.717) is 6.04 Å². The Balaban J connectivity index is 2.35. The molecule has 1 saturated heterocycles. The lowest BCUT2D eigenvalue weighted by Gasteiger charge is -2.30. The molecule has 0 aliphatic carbocycles. The third-order valence-electron chi connectivity index (χ3n) is 1.77. The number of halogens is 1. The Morgan fingerprint density at radius 1 is 1.67 bits per heavy atom. The molecule has 0 unspecified atom stereocenters. The molecule has 0 aromatic carbocycles. The van der Waals surface area contributed by atoms with E-state index in [1.54, 1.807) is 0 Å². The molecule has 0 bridgehead atoms. The molecular weight excluding hydrogens is 229 g/mol. The molecule has 0 radical (unpaired) electrons. The normalized spacial score (nSPS) is 39.0. The Morgan fingerprint density at radius 2 is 2.33 bits per heavy atom. The summed E-state index contributed by atoms with van der Waals surface area (Å²) in [5.74, 6) is 0. The summed E-state index contributed by atoms with van der Waals surface area (Å²) in [4.78, 5) is 0. The quantitative estimate of drug-likeness (QED) is 0.508. The first-order valence-corrected chi connectivity index (χ1v) is 4.27. The summed E-state index contributed by atoms with van der Waals surface area (Å²) in [5.41, 5.74) is 0. The fourth-order valence-electron chi connectivity index (χ4n) is 1.12. The molecule has 0 aromatic heterocycles. The van der Waals surface area contributed by atoms with Crippen molar-refractivity contribution in [2.24, 2.45) is 0 Å². The van der Waals surface area contributed by atoms with Gasteiger partial charge in [-0.1, -0.05) is 0 Å². The maximum absolute atomic E-state index is 9.17. The molecule has 2 atom stereocenters. The molecule has 54 valence electrons. The van der Waals surface area contributed by atoms with Gasteiger partial charge in [-0.15, -0.1) is 0 Å². The van der Waals surface area contributed by atoms with Crippen LogP contribution in [-0.4, -0.2) is 26.9 Å². The zero-order valence-electron chi connectivity index (χ0n) is 5.55. The molecule has 1 fully saturated rings. The Bertz CT molecular complexity index is 99.1. The van der Waals surface area contributed by atoms with Crippen LogP contribution in [0.15, 0.2) is 0 Å². The van der Waals surface area contributed by atoms with E-state index in [2.05, 4.69) is 32.9 Å². The number of hydrogen-bond donors (Lipinski definition) is 1. The summed E-state index contributed by atoms with van der Waals surface area (Å²) in [6, 6.07) is 0.550. The number of aliphatic hydroxyl groups is 1. The minimum absolute atomic E-state index is 0.0500. The minimum atomic E-state index is -0.0500. The van der Waals surface area contributed by atoms with Gasteiger partial charge in [0.2, 0.25) is 0 Å². The van der Waals surface area contributed by atoms with Crippen LogP contribution in [0.1, 0.15) is 19.8 Å². The van der Waals surface area contributed by atoms with Crippen LogP contribution in [0.2, 0.25) is 0 Å². The molecule has 0 aromatic rings. The number of rotatable bonds is 0. The standard InChI is InChI=1S/C6H12INO/c1-5-4-6(9)2-3-8(5)7/h5-6,9H,2-4H2,1H3/t5-,6+/m1/s1. The summed E-state index contributed by atoms with van der Waals surface area (Å²) < 4.78 is 2.25. The predicted molar refractivity (Wildman–Crippen MR) is 45.4 cm³/mol. The van der Waals surface area contributed by atoms with Crippen molar-refractivity contribution < 1.29 is 5.11 Å². The van der Waals surface area contributed by atoms with Gasteiger partial charge in [-0.2, -0.15) is 0 Å². The van der Waals surface area contributed by atoms with Gasteiger partial charge < -0.3 is 5.11 Å². The monoisotopic (exact) mass is 241 g/mol. The van der Waals surface area contributed by atoms with E-state index in [1.807, 2.05) is 0 Å². The van der Waals surface area contributed by atoms with Crippen LogP contribution in [0.5, 0.6) is 0 Å². The molecule has 0 amide bonds. The van der Waals surface area contributed by atoms with Crippen molar-refractivity contribution in [3.05, 3.63) is 0 Å². The van der Waals surface area contributed by atoms with Gasteiger partial charge in [-0.3, -0.25) is 0 Å². The highest BCUT2D eigenvalue weighted by Gasteiger charge is 2.21. The molecule has 9 heavy (non-hydrogen) atoms. The van der Waals surface area contributed by atoms with Crippen molar-refractivity contribution in [3.63, 3.8) is 0 Å².